The van der Waals surface area contributed by atoms with E-state index in [9.17, 15) is 18.0 Å². The highest BCUT2D eigenvalue weighted by atomic mass is 32.2. The maximum absolute atomic E-state index is 14.6. The lowest BCUT2D eigenvalue weighted by Gasteiger charge is -2.34. The summed E-state index contributed by atoms with van der Waals surface area (Å²) >= 11 is 0. The molecule has 1 N–H and O–H groups in total. The number of methoxy groups -OCH3 is 1. The molecule has 0 aliphatic carbocycles. The van der Waals surface area contributed by atoms with Gasteiger partial charge in [0, 0.05) is 19.0 Å². The highest BCUT2D eigenvalue weighted by Crippen LogP contribution is 2.27. The molecule has 0 unspecified atom stereocenters. The predicted molar refractivity (Wildman–Crippen MR) is 184 cm³/mol. The monoisotopic (exact) mass is 657 g/mol. The smallest absolute Gasteiger partial charge is 0.264 e. The van der Waals surface area contributed by atoms with Gasteiger partial charge in [-0.05, 0) is 79.9 Å². The molecule has 0 radical (unpaired) electrons. The minimum absolute atomic E-state index is 0.0383. The van der Waals surface area contributed by atoms with Crippen molar-refractivity contribution >= 4 is 27.5 Å². The third-order valence-corrected chi connectivity index (χ3v) is 9.59. The predicted octanol–water partition coefficient (Wildman–Crippen LogP) is 5.84. The summed E-state index contributed by atoms with van der Waals surface area (Å²) in [5.74, 6) is 0.310. The van der Waals surface area contributed by atoms with Gasteiger partial charge in [-0.1, -0.05) is 67.6 Å². The zero-order valence-corrected chi connectivity index (χ0v) is 28.2. The van der Waals surface area contributed by atoms with Crippen LogP contribution in [0.2, 0.25) is 0 Å². The molecule has 4 aromatic carbocycles. The Morgan fingerprint density at radius 2 is 1.45 bits per heavy atom. The van der Waals surface area contributed by atoms with Crippen molar-refractivity contribution in [1.29, 1.82) is 0 Å². The summed E-state index contributed by atoms with van der Waals surface area (Å²) in [4.78, 5) is 30.1. The molecular formula is C37H43N3O6S. The normalized spacial score (nSPS) is 12.4. The highest BCUT2D eigenvalue weighted by Gasteiger charge is 2.35. The molecule has 248 valence electrons. The molecule has 0 spiro atoms. The molecule has 47 heavy (non-hydrogen) atoms. The Bertz CT molecular complexity index is 1700. The maximum Gasteiger partial charge on any atom is 0.264 e. The second kappa shape index (κ2) is 16.6. The van der Waals surface area contributed by atoms with E-state index in [1.54, 1.807) is 61.7 Å². The lowest BCUT2D eigenvalue weighted by Crippen LogP contribution is -2.54. The van der Waals surface area contributed by atoms with Crippen LogP contribution < -0.4 is 19.1 Å². The average molecular weight is 658 g/mol. The van der Waals surface area contributed by atoms with Crippen LogP contribution in [0.15, 0.2) is 114 Å². The van der Waals surface area contributed by atoms with E-state index in [1.165, 1.54) is 17.0 Å². The summed E-state index contributed by atoms with van der Waals surface area (Å²) in [6.45, 7) is 5.69. The molecule has 0 aromatic heterocycles. The SMILES string of the molecule is CCOc1ccc(N(CC(=O)N(Cc2cccc(OC)c2)[C@H](Cc2ccccc2)C(=O)N[C@H](C)CC)S(=O)(=O)c2ccccc2)cc1. The molecule has 0 heterocycles. The fourth-order valence-corrected chi connectivity index (χ4v) is 6.52. The van der Waals surface area contributed by atoms with Gasteiger partial charge in [0.05, 0.1) is 24.3 Å². The zero-order valence-electron chi connectivity index (χ0n) is 27.3. The second-order valence-electron chi connectivity index (χ2n) is 11.1. The number of nitrogens with one attached hydrogen (secondary N) is 1. The number of hydrogen-bond donors (Lipinski definition) is 1. The molecule has 4 rings (SSSR count). The number of carbonyl (C=O) groups excluding carboxylic acids is 2. The standard InChI is InChI=1S/C37H43N3O6S/c1-5-28(3)38-37(42)35(25-29-14-9-7-10-15-29)39(26-30-16-13-17-33(24-30)45-4)36(41)27-40(31-20-22-32(23-21-31)46-6-2)47(43,44)34-18-11-8-12-19-34/h7-24,28,35H,5-6,25-27H2,1-4H3,(H,38,42)/t28-,35-/m1/s1. The topological polar surface area (TPSA) is 105 Å². The van der Waals surface area contributed by atoms with Crippen molar-refractivity contribution in [2.24, 2.45) is 0 Å². The lowest BCUT2D eigenvalue weighted by atomic mass is 10.0. The Balaban J connectivity index is 1.81. The number of anilines is 1. The molecule has 0 fully saturated rings. The molecule has 4 aromatic rings. The lowest BCUT2D eigenvalue weighted by molar-refractivity contribution is -0.140. The van der Waals surface area contributed by atoms with E-state index in [1.807, 2.05) is 63.2 Å². The van der Waals surface area contributed by atoms with E-state index < -0.39 is 28.5 Å². The minimum atomic E-state index is -4.19. The van der Waals surface area contributed by atoms with Crippen molar-refractivity contribution in [1.82, 2.24) is 10.2 Å². The molecule has 0 saturated carbocycles. The quantitative estimate of drug-likeness (QED) is 0.162. The Morgan fingerprint density at radius 1 is 0.809 bits per heavy atom. The van der Waals surface area contributed by atoms with Crippen LogP contribution in [-0.2, 0) is 32.6 Å². The Labute approximate surface area is 278 Å². The average Bonchev–Trinajstić information content (AvgIpc) is 3.10. The third kappa shape index (κ3) is 9.36. The zero-order chi connectivity index (χ0) is 33.8. The highest BCUT2D eigenvalue weighted by molar-refractivity contribution is 7.92. The first-order valence-corrected chi connectivity index (χ1v) is 17.2. The van der Waals surface area contributed by atoms with E-state index in [0.717, 1.165) is 15.4 Å². The summed E-state index contributed by atoms with van der Waals surface area (Å²) in [7, 11) is -2.64. The summed E-state index contributed by atoms with van der Waals surface area (Å²) in [6.07, 6.45) is 0.932. The van der Waals surface area contributed by atoms with Crippen LogP contribution in [0.5, 0.6) is 11.5 Å². The molecule has 0 aliphatic heterocycles. The molecule has 10 heteroatoms. The molecule has 0 saturated heterocycles. The van der Waals surface area contributed by atoms with Gasteiger partial charge >= 0.3 is 0 Å². The summed E-state index contributed by atoms with van der Waals surface area (Å²) in [5.41, 5.74) is 1.88. The van der Waals surface area contributed by atoms with Gasteiger partial charge in [0.2, 0.25) is 11.8 Å². The maximum atomic E-state index is 14.6. The van der Waals surface area contributed by atoms with E-state index in [4.69, 9.17) is 9.47 Å². The van der Waals surface area contributed by atoms with Crippen LogP contribution in [0.25, 0.3) is 0 Å². The van der Waals surface area contributed by atoms with Crippen LogP contribution in [0, 0.1) is 0 Å². The Morgan fingerprint density at radius 3 is 2.06 bits per heavy atom. The number of sulfonamides is 1. The van der Waals surface area contributed by atoms with Gasteiger partial charge in [0.1, 0.15) is 24.1 Å². The molecule has 0 aliphatic rings. The van der Waals surface area contributed by atoms with E-state index in [2.05, 4.69) is 5.32 Å². The first kappa shape index (κ1) is 35.0. The summed E-state index contributed by atoms with van der Waals surface area (Å²) in [6, 6.07) is 30.2. The van der Waals surface area contributed by atoms with Crippen LogP contribution in [-0.4, -0.2) is 57.5 Å². The summed E-state index contributed by atoms with van der Waals surface area (Å²) < 4.78 is 40.4. The van der Waals surface area contributed by atoms with Crippen LogP contribution in [0.1, 0.15) is 38.3 Å². The van der Waals surface area contributed by atoms with Gasteiger partial charge in [-0.2, -0.15) is 0 Å². The minimum Gasteiger partial charge on any atom is -0.497 e. The van der Waals surface area contributed by atoms with Gasteiger partial charge in [-0.15, -0.1) is 0 Å². The molecular weight excluding hydrogens is 614 g/mol. The van der Waals surface area contributed by atoms with Gasteiger partial charge in [0.25, 0.3) is 10.0 Å². The van der Waals surface area contributed by atoms with Crippen molar-refractivity contribution in [3.8, 4) is 11.5 Å². The summed E-state index contributed by atoms with van der Waals surface area (Å²) in [5, 5.41) is 3.05. The molecule has 2 amide bonds. The molecule has 2 atom stereocenters. The number of hydrogen-bond acceptors (Lipinski definition) is 6. The van der Waals surface area contributed by atoms with Crippen molar-refractivity contribution < 1.29 is 27.5 Å². The third-order valence-electron chi connectivity index (χ3n) is 7.80. The first-order chi connectivity index (χ1) is 22.7. The van der Waals surface area contributed by atoms with Crippen LogP contribution >= 0.6 is 0 Å². The number of benzene rings is 4. The Kier molecular flexibility index (Phi) is 12.4. The van der Waals surface area contributed by atoms with E-state index >= 15 is 0 Å². The fraction of sp³-hybridized carbons (Fsp3) is 0.297. The number of carbonyl (C=O) groups is 2. The number of ether oxygens (including phenoxy) is 2. The Hall–Kier alpha value is -4.83. The van der Waals surface area contributed by atoms with E-state index in [0.29, 0.717) is 24.5 Å². The van der Waals surface area contributed by atoms with Gasteiger partial charge in [-0.3, -0.25) is 13.9 Å². The van der Waals surface area contributed by atoms with Crippen molar-refractivity contribution in [3.05, 3.63) is 120 Å². The van der Waals surface area contributed by atoms with Gasteiger partial charge in [0.15, 0.2) is 0 Å². The van der Waals surface area contributed by atoms with Gasteiger partial charge < -0.3 is 19.7 Å². The van der Waals surface area contributed by atoms with Crippen molar-refractivity contribution in [3.63, 3.8) is 0 Å². The largest absolute Gasteiger partial charge is 0.497 e. The number of rotatable bonds is 16. The number of nitrogens with zero attached hydrogens (tertiary/aromatic N) is 2. The van der Waals surface area contributed by atoms with Crippen LogP contribution in [0.4, 0.5) is 5.69 Å². The number of amides is 2. The fourth-order valence-electron chi connectivity index (χ4n) is 5.09. The van der Waals surface area contributed by atoms with Gasteiger partial charge in [-0.25, -0.2) is 8.42 Å². The van der Waals surface area contributed by atoms with Crippen molar-refractivity contribution in [2.45, 2.75) is 57.1 Å². The first-order valence-electron chi connectivity index (χ1n) is 15.7. The molecule has 0 bridgehead atoms. The van der Waals surface area contributed by atoms with Crippen LogP contribution in [0.3, 0.4) is 0 Å². The second-order valence-corrected chi connectivity index (χ2v) is 13.0. The van der Waals surface area contributed by atoms with E-state index in [-0.39, 0.29) is 35.5 Å². The van der Waals surface area contributed by atoms with Crippen molar-refractivity contribution in [2.75, 3.05) is 24.6 Å². The molecule has 9 nitrogen and oxygen atoms in total.